The number of nitrogens with one attached hydrogen (secondary N) is 2. The molecular formula is C28H49N3O7. The van der Waals surface area contributed by atoms with Crippen LogP contribution in [0.2, 0.25) is 0 Å². The fourth-order valence-corrected chi connectivity index (χ4v) is 4.27. The van der Waals surface area contributed by atoms with Crippen molar-refractivity contribution in [2.24, 2.45) is 10.8 Å². The number of nitrogens with zero attached hydrogens (tertiary/aromatic N) is 1. The zero-order valence-corrected chi connectivity index (χ0v) is 25.4. The highest BCUT2D eigenvalue weighted by atomic mass is 16.6. The number of amides is 3. The molecule has 3 unspecified atom stereocenters. The molecule has 0 bridgehead atoms. The Balaban J connectivity index is 3.22. The molecule has 0 aromatic rings. The molecule has 2 N–H and O–H groups in total. The molecule has 1 saturated heterocycles. The van der Waals surface area contributed by atoms with Gasteiger partial charge in [-0.1, -0.05) is 48.0 Å². The Morgan fingerprint density at radius 2 is 1.42 bits per heavy atom. The van der Waals surface area contributed by atoms with Crippen LogP contribution in [0.1, 0.15) is 102 Å². The van der Waals surface area contributed by atoms with Gasteiger partial charge in [-0.05, 0) is 65.2 Å². The number of hydrogen-bond donors (Lipinski definition) is 2. The van der Waals surface area contributed by atoms with Crippen LogP contribution < -0.4 is 10.6 Å². The van der Waals surface area contributed by atoms with Gasteiger partial charge in [0.05, 0.1) is 6.04 Å². The van der Waals surface area contributed by atoms with Crippen LogP contribution in [0.4, 0.5) is 4.79 Å². The van der Waals surface area contributed by atoms with Crippen molar-refractivity contribution in [3.63, 3.8) is 0 Å². The summed E-state index contributed by atoms with van der Waals surface area (Å²) >= 11 is 0. The zero-order chi connectivity index (χ0) is 29.9. The minimum absolute atomic E-state index is 0.249. The van der Waals surface area contributed by atoms with Crippen LogP contribution in [-0.4, -0.2) is 70.4 Å². The summed E-state index contributed by atoms with van der Waals surface area (Å²) in [6.07, 6.45) is 0.423. The monoisotopic (exact) mass is 539 g/mol. The molecule has 1 heterocycles. The van der Waals surface area contributed by atoms with Crippen molar-refractivity contribution in [1.82, 2.24) is 15.5 Å². The Morgan fingerprint density at radius 3 is 1.87 bits per heavy atom. The van der Waals surface area contributed by atoms with Crippen LogP contribution in [-0.2, 0) is 28.7 Å². The number of carbonyl (C=O) groups excluding carboxylic acids is 5. The van der Waals surface area contributed by atoms with Gasteiger partial charge in [0.1, 0.15) is 23.3 Å². The first-order valence-corrected chi connectivity index (χ1v) is 13.3. The lowest BCUT2D eigenvalue weighted by Gasteiger charge is -2.36. The molecule has 10 heteroatoms. The standard InChI is InChI=1S/C28H49N3O7/c1-13-14-17(19(32)23(35)37-26(5,6)7)29-21(33)18-15-28(11,12)16-31(18)22(34)20(25(2,3)4)30-24(36)38-27(8,9)10/h17-18,20H,13-16H2,1-12H3,(H,29,33)(H,30,36). The molecule has 1 aliphatic heterocycles. The number of likely N-dealkylation sites (tertiary alicyclic amines) is 1. The van der Waals surface area contributed by atoms with E-state index in [9.17, 15) is 24.0 Å². The average Bonchev–Trinajstić information content (AvgIpc) is 3.03. The molecular weight excluding hydrogens is 490 g/mol. The van der Waals surface area contributed by atoms with Crippen LogP contribution in [0.15, 0.2) is 0 Å². The van der Waals surface area contributed by atoms with Gasteiger partial charge in [0, 0.05) is 6.54 Å². The number of carbonyl (C=O) groups is 5. The lowest BCUT2D eigenvalue weighted by Crippen LogP contribution is -2.59. The molecule has 3 amide bonds. The second kappa shape index (κ2) is 12.0. The summed E-state index contributed by atoms with van der Waals surface area (Å²) in [7, 11) is 0. The molecule has 0 spiro atoms. The van der Waals surface area contributed by atoms with Gasteiger partial charge in [-0.2, -0.15) is 0 Å². The summed E-state index contributed by atoms with van der Waals surface area (Å²) in [6, 6.07) is -2.91. The van der Waals surface area contributed by atoms with Crippen molar-refractivity contribution >= 4 is 29.7 Å². The number of alkyl carbamates (subject to hydrolysis) is 1. The molecule has 0 aromatic carbocycles. The molecule has 3 atom stereocenters. The van der Waals surface area contributed by atoms with Gasteiger partial charge >= 0.3 is 12.1 Å². The van der Waals surface area contributed by atoms with Crippen LogP contribution in [0, 0.1) is 10.8 Å². The van der Waals surface area contributed by atoms with E-state index in [0.717, 1.165) is 0 Å². The Labute approximate surface area is 227 Å². The smallest absolute Gasteiger partial charge is 0.408 e. The van der Waals surface area contributed by atoms with E-state index < -0.39 is 64.4 Å². The Hall–Kier alpha value is -2.65. The van der Waals surface area contributed by atoms with Gasteiger partial charge in [-0.15, -0.1) is 0 Å². The minimum Gasteiger partial charge on any atom is -0.454 e. The minimum atomic E-state index is -1.07. The first-order valence-electron chi connectivity index (χ1n) is 13.3. The molecule has 0 radical (unpaired) electrons. The Bertz CT molecular complexity index is 907. The third-order valence-electron chi connectivity index (χ3n) is 5.89. The lowest BCUT2D eigenvalue weighted by molar-refractivity contribution is -0.163. The normalized spacial score (nSPS) is 19.3. The SMILES string of the molecule is CCCC(NC(=O)C1CC(C)(C)CN1C(=O)C(NC(=O)OC(C)(C)C)C(C)(C)C)C(=O)C(=O)OC(C)(C)C. The molecule has 38 heavy (non-hydrogen) atoms. The molecule has 0 aromatic heterocycles. The first-order chi connectivity index (χ1) is 17.0. The maximum atomic E-state index is 13.8. The second-order valence-electron chi connectivity index (χ2n) is 14.0. The van der Waals surface area contributed by atoms with E-state index in [1.165, 1.54) is 4.90 Å². The van der Waals surface area contributed by atoms with Crippen molar-refractivity contribution in [3.05, 3.63) is 0 Å². The Morgan fingerprint density at radius 1 is 0.895 bits per heavy atom. The van der Waals surface area contributed by atoms with Gasteiger partial charge in [0.2, 0.25) is 11.8 Å². The van der Waals surface area contributed by atoms with Crippen molar-refractivity contribution in [2.45, 2.75) is 132 Å². The highest BCUT2D eigenvalue weighted by Crippen LogP contribution is 2.36. The van der Waals surface area contributed by atoms with Crippen molar-refractivity contribution < 1.29 is 33.4 Å². The summed E-state index contributed by atoms with van der Waals surface area (Å²) in [6.45, 7) is 21.6. The van der Waals surface area contributed by atoms with Gasteiger partial charge in [0.15, 0.2) is 0 Å². The predicted molar refractivity (Wildman–Crippen MR) is 144 cm³/mol. The molecule has 218 valence electrons. The maximum absolute atomic E-state index is 13.8. The predicted octanol–water partition coefficient (Wildman–Crippen LogP) is 3.75. The van der Waals surface area contributed by atoms with Gasteiger partial charge in [-0.3, -0.25) is 14.4 Å². The molecule has 1 aliphatic rings. The summed E-state index contributed by atoms with van der Waals surface area (Å²) in [5.74, 6) is -2.78. The number of rotatable bonds is 8. The number of ether oxygens (including phenoxy) is 2. The van der Waals surface area contributed by atoms with E-state index in [-0.39, 0.29) is 18.4 Å². The van der Waals surface area contributed by atoms with Crippen LogP contribution >= 0.6 is 0 Å². The largest absolute Gasteiger partial charge is 0.454 e. The number of hydrogen-bond acceptors (Lipinski definition) is 7. The third-order valence-corrected chi connectivity index (χ3v) is 5.89. The van der Waals surface area contributed by atoms with E-state index in [0.29, 0.717) is 12.8 Å². The summed E-state index contributed by atoms with van der Waals surface area (Å²) in [4.78, 5) is 66.6. The summed E-state index contributed by atoms with van der Waals surface area (Å²) < 4.78 is 10.6. The van der Waals surface area contributed by atoms with Crippen LogP contribution in [0.5, 0.6) is 0 Å². The van der Waals surface area contributed by atoms with Gasteiger partial charge < -0.3 is 25.0 Å². The average molecular weight is 540 g/mol. The lowest BCUT2D eigenvalue weighted by atomic mass is 9.85. The molecule has 1 rings (SSSR count). The molecule has 1 fully saturated rings. The topological polar surface area (TPSA) is 131 Å². The van der Waals surface area contributed by atoms with Crippen LogP contribution in [0.3, 0.4) is 0 Å². The Kier molecular flexibility index (Phi) is 10.6. The summed E-state index contributed by atoms with van der Waals surface area (Å²) in [5, 5.41) is 5.40. The number of ketones is 1. The second-order valence-corrected chi connectivity index (χ2v) is 14.0. The van der Waals surface area contributed by atoms with E-state index in [4.69, 9.17) is 9.47 Å². The molecule has 0 aliphatic carbocycles. The van der Waals surface area contributed by atoms with E-state index in [2.05, 4.69) is 10.6 Å². The van der Waals surface area contributed by atoms with E-state index in [1.54, 1.807) is 41.5 Å². The third kappa shape index (κ3) is 10.3. The van der Waals surface area contributed by atoms with E-state index in [1.807, 2.05) is 41.5 Å². The van der Waals surface area contributed by atoms with Crippen molar-refractivity contribution in [1.29, 1.82) is 0 Å². The zero-order valence-electron chi connectivity index (χ0n) is 25.4. The van der Waals surface area contributed by atoms with Crippen LogP contribution in [0.25, 0.3) is 0 Å². The highest BCUT2D eigenvalue weighted by Gasteiger charge is 2.48. The quantitative estimate of drug-likeness (QED) is 0.355. The van der Waals surface area contributed by atoms with Crippen molar-refractivity contribution in [2.75, 3.05) is 6.54 Å². The van der Waals surface area contributed by atoms with Crippen molar-refractivity contribution in [3.8, 4) is 0 Å². The highest BCUT2D eigenvalue weighted by molar-refractivity contribution is 6.36. The van der Waals surface area contributed by atoms with E-state index >= 15 is 0 Å². The molecule has 0 saturated carbocycles. The number of Topliss-reactive ketones (excluding diaryl/α,β-unsaturated/α-hetero) is 1. The fraction of sp³-hybridized carbons (Fsp3) is 0.821. The first kappa shape index (κ1) is 33.4. The number of esters is 1. The molecule has 10 nitrogen and oxygen atoms in total. The maximum Gasteiger partial charge on any atom is 0.408 e. The van der Waals surface area contributed by atoms with Gasteiger partial charge in [-0.25, -0.2) is 9.59 Å². The fourth-order valence-electron chi connectivity index (χ4n) is 4.27. The summed E-state index contributed by atoms with van der Waals surface area (Å²) in [5.41, 5.74) is -2.67. The van der Waals surface area contributed by atoms with Gasteiger partial charge in [0.25, 0.3) is 5.78 Å².